The van der Waals surface area contributed by atoms with Crippen LogP contribution in [0.25, 0.3) is 0 Å². The summed E-state index contributed by atoms with van der Waals surface area (Å²) in [5.41, 5.74) is 4.13. The van der Waals surface area contributed by atoms with E-state index in [4.69, 9.17) is 0 Å². The maximum atomic E-state index is 12.3. The van der Waals surface area contributed by atoms with Crippen molar-refractivity contribution in [2.75, 3.05) is 5.32 Å². The molecule has 0 unspecified atom stereocenters. The van der Waals surface area contributed by atoms with Crippen LogP contribution in [0, 0.1) is 0 Å². The van der Waals surface area contributed by atoms with Crippen LogP contribution >= 0.6 is 15.9 Å². The molecule has 3 nitrogen and oxygen atoms in total. The Bertz CT molecular complexity index is 655. The number of pyridine rings is 1. The molecule has 1 N–H and O–H groups in total. The van der Waals surface area contributed by atoms with Crippen molar-refractivity contribution < 1.29 is 4.79 Å². The van der Waals surface area contributed by atoms with Crippen molar-refractivity contribution in [2.24, 2.45) is 0 Å². The average molecular weight is 331 g/mol. The number of nitrogens with one attached hydrogen (secondary N) is 1. The van der Waals surface area contributed by atoms with Crippen molar-refractivity contribution in [3.05, 3.63) is 57.8 Å². The van der Waals surface area contributed by atoms with Crippen LogP contribution in [0.2, 0.25) is 0 Å². The highest BCUT2D eigenvalue weighted by molar-refractivity contribution is 9.10. The summed E-state index contributed by atoms with van der Waals surface area (Å²) in [5, 5.41) is 3.02. The number of carbonyl (C=O) groups excluding carboxylic acids is 1. The molecule has 0 bridgehead atoms. The standard InChI is InChI=1S/C16H15BrN2O/c17-15-13(8-4-10-18-15)16(20)19-14-9-3-6-11-5-1-2-7-12(11)14/h3-4,6,8-10H,1-2,5,7H2,(H,19,20). The van der Waals surface area contributed by atoms with E-state index in [2.05, 4.69) is 32.3 Å². The van der Waals surface area contributed by atoms with Gasteiger partial charge in [0, 0.05) is 11.9 Å². The Balaban J connectivity index is 1.89. The first-order valence-corrected chi connectivity index (χ1v) is 7.57. The summed E-state index contributed by atoms with van der Waals surface area (Å²) < 4.78 is 0.572. The summed E-state index contributed by atoms with van der Waals surface area (Å²) in [6, 6.07) is 9.68. The number of benzene rings is 1. The largest absolute Gasteiger partial charge is 0.322 e. The number of aromatic nitrogens is 1. The molecular formula is C16H15BrN2O. The van der Waals surface area contributed by atoms with Crippen LogP contribution in [-0.4, -0.2) is 10.9 Å². The number of hydrogen-bond acceptors (Lipinski definition) is 2. The summed E-state index contributed by atoms with van der Waals surface area (Å²) in [4.78, 5) is 16.4. The molecule has 0 saturated carbocycles. The van der Waals surface area contributed by atoms with E-state index in [-0.39, 0.29) is 5.91 Å². The number of halogens is 1. The Morgan fingerprint density at radius 3 is 2.85 bits per heavy atom. The molecular weight excluding hydrogens is 316 g/mol. The summed E-state index contributed by atoms with van der Waals surface area (Å²) in [5.74, 6) is -0.121. The molecule has 3 rings (SSSR count). The molecule has 0 saturated heterocycles. The number of aryl methyl sites for hydroxylation is 1. The van der Waals surface area contributed by atoms with Gasteiger partial charge in [0.15, 0.2) is 0 Å². The third-order valence-electron chi connectivity index (χ3n) is 3.65. The molecule has 1 amide bonds. The van der Waals surface area contributed by atoms with Gasteiger partial charge in [-0.1, -0.05) is 12.1 Å². The smallest absolute Gasteiger partial charge is 0.258 e. The third-order valence-corrected chi connectivity index (χ3v) is 4.28. The second-order valence-electron chi connectivity index (χ2n) is 4.95. The zero-order valence-electron chi connectivity index (χ0n) is 11.0. The highest BCUT2D eigenvalue weighted by Gasteiger charge is 2.16. The predicted octanol–water partition coefficient (Wildman–Crippen LogP) is 3.98. The van der Waals surface area contributed by atoms with Gasteiger partial charge in [-0.25, -0.2) is 4.98 Å². The lowest BCUT2D eigenvalue weighted by molar-refractivity contribution is 0.102. The molecule has 2 aromatic rings. The van der Waals surface area contributed by atoms with Crippen LogP contribution in [-0.2, 0) is 12.8 Å². The van der Waals surface area contributed by atoms with E-state index in [1.807, 2.05) is 12.1 Å². The van der Waals surface area contributed by atoms with E-state index in [0.29, 0.717) is 10.2 Å². The number of amides is 1. The molecule has 102 valence electrons. The van der Waals surface area contributed by atoms with E-state index < -0.39 is 0 Å². The monoisotopic (exact) mass is 330 g/mol. The number of nitrogens with zero attached hydrogens (tertiary/aromatic N) is 1. The van der Waals surface area contributed by atoms with Gasteiger partial charge in [0.1, 0.15) is 4.60 Å². The Hall–Kier alpha value is -1.68. The molecule has 0 radical (unpaired) electrons. The van der Waals surface area contributed by atoms with E-state index in [1.165, 1.54) is 24.0 Å². The van der Waals surface area contributed by atoms with Crippen molar-refractivity contribution >= 4 is 27.5 Å². The van der Waals surface area contributed by atoms with Crippen molar-refractivity contribution in [3.63, 3.8) is 0 Å². The maximum absolute atomic E-state index is 12.3. The fourth-order valence-electron chi connectivity index (χ4n) is 2.64. The lowest BCUT2D eigenvalue weighted by atomic mass is 9.90. The average Bonchev–Trinajstić information content (AvgIpc) is 2.48. The van der Waals surface area contributed by atoms with E-state index in [0.717, 1.165) is 18.5 Å². The Morgan fingerprint density at radius 1 is 1.15 bits per heavy atom. The number of carbonyl (C=O) groups is 1. The lowest BCUT2D eigenvalue weighted by Gasteiger charge is -2.19. The van der Waals surface area contributed by atoms with Crippen LogP contribution in [0.15, 0.2) is 41.1 Å². The van der Waals surface area contributed by atoms with Crippen LogP contribution in [0.4, 0.5) is 5.69 Å². The molecule has 0 spiro atoms. The quantitative estimate of drug-likeness (QED) is 0.846. The molecule has 1 aliphatic carbocycles. The minimum atomic E-state index is -0.121. The fourth-order valence-corrected chi connectivity index (χ4v) is 3.07. The normalized spacial score (nSPS) is 13.7. The maximum Gasteiger partial charge on any atom is 0.258 e. The van der Waals surface area contributed by atoms with Gasteiger partial charge in [0.2, 0.25) is 0 Å². The molecule has 1 heterocycles. The van der Waals surface area contributed by atoms with Crippen LogP contribution in [0.1, 0.15) is 34.3 Å². The SMILES string of the molecule is O=C(Nc1cccc2c1CCCC2)c1cccnc1Br. The van der Waals surface area contributed by atoms with Crippen molar-refractivity contribution in [1.82, 2.24) is 4.98 Å². The summed E-state index contributed by atoms with van der Waals surface area (Å²) in [6.07, 6.45) is 6.23. The van der Waals surface area contributed by atoms with E-state index in [1.54, 1.807) is 18.3 Å². The highest BCUT2D eigenvalue weighted by Crippen LogP contribution is 2.28. The third kappa shape index (κ3) is 2.61. The van der Waals surface area contributed by atoms with Crippen molar-refractivity contribution in [2.45, 2.75) is 25.7 Å². The molecule has 20 heavy (non-hydrogen) atoms. The van der Waals surface area contributed by atoms with Crippen LogP contribution in [0.5, 0.6) is 0 Å². The van der Waals surface area contributed by atoms with Gasteiger partial charge in [-0.05, 0) is 70.9 Å². The van der Waals surface area contributed by atoms with Gasteiger partial charge >= 0.3 is 0 Å². The molecule has 0 aliphatic heterocycles. The molecule has 0 atom stereocenters. The van der Waals surface area contributed by atoms with Gasteiger partial charge in [-0.3, -0.25) is 4.79 Å². The molecule has 4 heteroatoms. The second-order valence-corrected chi connectivity index (χ2v) is 5.70. The van der Waals surface area contributed by atoms with Crippen LogP contribution in [0.3, 0.4) is 0 Å². The Morgan fingerprint density at radius 2 is 2.00 bits per heavy atom. The fraction of sp³-hybridized carbons (Fsp3) is 0.250. The number of fused-ring (bicyclic) bond motifs is 1. The summed E-state index contributed by atoms with van der Waals surface area (Å²) in [6.45, 7) is 0. The van der Waals surface area contributed by atoms with Gasteiger partial charge in [-0.2, -0.15) is 0 Å². The van der Waals surface area contributed by atoms with Gasteiger partial charge in [-0.15, -0.1) is 0 Å². The topological polar surface area (TPSA) is 42.0 Å². The summed E-state index contributed by atoms with van der Waals surface area (Å²) >= 11 is 3.31. The molecule has 1 aromatic carbocycles. The Kier molecular flexibility index (Phi) is 3.83. The molecule has 1 aliphatic rings. The highest BCUT2D eigenvalue weighted by atomic mass is 79.9. The number of anilines is 1. The van der Waals surface area contributed by atoms with Gasteiger partial charge in [0.05, 0.1) is 5.56 Å². The minimum Gasteiger partial charge on any atom is -0.322 e. The van der Waals surface area contributed by atoms with E-state index >= 15 is 0 Å². The first kappa shape index (κ1) is 13.3. The van der Waals surface area contributed by atoms with Crippen molar-refractivity contribution in [3.8, 4) is 0 Å². The van der Waals surface area contributed by atoms with Gasteiger partial charge < -0.3 is 5.32 Å². The number of rotatable bonds is 2. The van der Waals surface area contributed by atoms with Gasteiger partial charge in [0.25, 0.3) is 5.91 Å². The minimum absolute atomic E-state index is 0.121. The van der Waals surface area contributed by atoms with Crippen LogP contribution < -0.4 is 5.32 Å². The lowest BCUT2D eigenvalue weighted by Crippen LogP contribution is -2.16. The summed E-state index contributed by atoms with van der Waals surface area (Å²) in [7, 11) is 0. The number of hydrogen-bond donors (Lipinski definition) is 1. The zero-order valence-corrected chi connectivity index (χ0v) is 12.6. The molecule has 1 aromatic heterocycles. The predicted molar refractivity (Wildman–Crippen MR) is 83.0 cm³/mol. The first-order valence-electron chi connectivity index (χ1n) is 6.78. The molecule has 0 fully saturated rings. The Labute approximate surface area is 126 Å². The zero-order chi connectivity index (χ0) is 13.9. The second kappa shape index (κ2) is 5.75. The first-order chi connectivity index (χ1) is 9.75. The van der Waals surface area contributed by atoms with Crippen molar-refractivity contribution in [1.29, 1.82) is 0 Å². The van der Waals surface area contributed by atoms with E-state index in [9.17, 15) is 4.79 Å².